The fourth-order valence-corrected chi connectivity index (χ4v) is 4.08. The lowest BCUT2D eigenvalue weighted by atomic mass is 10.2. The molecular weight excluding hydrogens is 422 g/mol. The first-order chi connectivity index (χ1) is 16.1. The first kappa shape index (κ1) is 22.7. The summed E-state index contributed by atoms with van der Waals surface area (Å²) in [5.74, 6) is 1.26. The Morgan fingerprint density at radius 2 is 1.61 bits per heavy atom. The van der Waals surface area contributed by atoms with Crippen molar-refractivity contribution < 1.29 is 23.8 Å². The summed E-state index contributed by atoms with van der Waals surface area (Å²) in [6.07, 6.45) is 1.71. The van der Waals surface area contributed by atoms with E-state index >= 15 is 0 Å². The number of hydrogen-bond acceptors (Lipinski definition) is 6. The van der Waals surface area contributed by atoms with Crippen molar-refractivity contribution in [2.75, 3.05) is 53.6 Å². The lowest BCUT2D eigenvalue weighted by molar-refractivity contribution is -0.133. The van der Waals surface area contributed by atoms with Crippen LogP contribution >= 0.6 is 0 Å². The monoisotopic (exact) mass is 451 g/mol. The highest BCUT2D eigenvalue weighted by atomic mass is 16.5. The quantitative estimate of drug-likeness (QED) is 0.491. The van der Waals surface area contributed by atoms with Crippen LogP contribution in [0.4, 0.5) is 0 Å². The van der Waals surface area contributed by atoms with E-state index in [-0.39, 0.29) is 12.5 Å². The Morgan fingerprint density at radius 3 is 2.30 bits per heavy atom. The molecule has 1 aliphatic rings. The summed E-state index contributed by atoms with van der Waals surface area (Å²) in [6.45, 7) is 4.53. The Labute approximate surface area is 193 Å². The van der Waals surface area contributed by atoms with Crippen molar-refractivity contribution in [3.05, 3.63) is 60.3 Å². The third-order valence-corrected chi connectivity index (χ3v) is 5.96. The number of carbonyl (C=O) groups excluding carboxylic acids is 2. The fraction of sp³-hybridized carbons (Fsp3) is 0.360. The summed E-state index contributed by atoms with van der Waals surface area (Å²) in [7, 11) is 3.00. The molecule has 8 heteroatoms. The number of nitrogens with zero attached hydrogens (tertiary/aromatic N) is 3. The first-order valence-corrected chi connectivity index (χ1v) is 11.0. The van der Waals surface area contributed by atoms with E-state index in [1.54, 1.807) is 13.3 Å². The molecule has 0 unspecified atom stereocenters. The average Bonchev–Trinajstić information content (AvgIpc) is 3.22. The highest BCUT2D eigenvalue weighted by Crippen LogP contribution is 2.22. The number of methoxy groups -OCH3 is 2. The molecule has 1 aromatic heterocycles. The van der Waals surface area contributed by atoms with Crippen LogP contribution < -0.4 is 9.47 Å². The third-order valence-electron chi connectivity index (χ3n) is 5.96. The minimum Gasteiger partial charge on any atom is -0.497 e. The SMILES string of the molecule is COC(=O)c1cn(CC(=O)N2CCN(CCOc3ccc(OC)cc3)CC2)c2ccccc12. The van der Waals surface area contributed by atoms with Gasteiger partial charge in [-0.3, -0.25) is 9.69 Å². The molecule has 0 radical (unpaired) electrons. The van der Waals surface area contributed by atoms with Gasteiger partial charge in [-0.15, -0.1) is 0 Å². The zero-order chi connectivity index (χ0) is 23.2. The molecular formula is C25H29N3O5. The van der Waals surface area contributed by atoms with E-state index in [2.05, 4.69) is 4.90 Å². The Bertz CT molecular complexity index is 1100. The number of para-hydroxylation sites is 1. The lowest BCUT2D eigenvalue weighted by Gasteiger charge is -2.34. The van der Waals surface area contributed by atoms with Crippen LogP contribution in [0.3, 0.4) is 0 Å². The van der Waals surface area contributed by atoms with Crippen LogP contribution in [0.15, 0.2) is 54.7 Å². The van der Waals surface area contributed by atoms with Crippen molar-refractivity contribution in [3.8, 4) is 11.5 Å². The molecule has 0 bridgehead atoms. The van der Waals surface area contributed by atoms with Gasteiger partial charge in [0.1, 0.15) is 24.7 Å². The van der Waals surface area contributed by atoms with Crippen molar-refractivity contribution in [1.29, 1.82) is 0 Å². The molecule has 33 heavy (non-hydrogen) atoms. The van der Waals surface area contributed by atoms with E-state index in [0.717, 1.165) is 42.0 Å². The summed E-state index contributed by atoms with van der Waals surface area (Å²) < 4.78 is 17.7. The van der Waals surface area contributed by atoms with Gasteiger partial charge in [0, 0.05) is 49.8 Å². The predicted molar refractivity (Wildman–Crippen MR) is 125 cm³/mol. The Kier molecular flexibility index (Phi) is 7.14. The van der Waals surface area contributed by atoms with Gasteiger partial charge in [0.05, 0.1) is 19.8 Å². The number of rotatable bonds is 8. The van der Waals surface area contributed by atoms with E-state index in [4.69, 9.17) is 14.2 Å². The van der Waals surface area contributed by atoms with Crippen LogP contribution in [0.5, 0.6) is 11.5 Å². The molecule has 4 rings (SSSR count). The van der Waals surface area contributed by atoms with Crippen LogP contribution in [0.25, 0.3) is 10.9 Å². The molecule has 1 aliphatic heterocycles. The van der Waals surface area contributed by atoms with Gasteiger partial charge < -0.3 is 23.7 Å². The first-order valence-electron chi connectivity index (χ1n) is 11.0. The fourth-order valence-electron chi connectivity index (χ4n) is 4.08. The smallest absolute Gasteiger partial charge is 0.340 e. The number of aromatic nitrogens is 1. The molecule has 2 heterocycles. The number of hydrogen-bond donors (Lipinski definition) is 0. The second kappa shape index (κ2) is 10.4. The molecule has 3 aromatic rings. The van der Waals surface area contributed by atoms with Gasteiger partial charge >= 0.3 is 5.97 Å². The van der Waals surface area contributed by atoms with Crippen molar-refractivity contribution in [2.45, 2.75) is 6.54 Å². The van der Waals surface area contributed by atoms with Crippen LogP contribution in [0, 0.1) is 0 Å². The molecule has 1 saturated heterocycles. The van der Waals surface area contributed by atoms with Crippen LogP contribution in [0.2, 0.25) is 0 Å². The molecule has 0 spiro atoms. The van der Waals surface area contributed by atoms with E-state index in [1.165, 1.54) is 7.11 Å². The number of ether oxygens (including phenoxy) is 3. The lowest BCUT2D eigenvalue weighted by Crippen LogP contribution is -2.50. The second-order valence-electron chi connectivity index (χ2n) is 7.93. The summed E-state index contributed by atoms with van der Waals surface area (Å²) in [4.78, 5) is 29.3. The standard InChI is InChI=1S/C25H29N3O5/c1-31-19-7-9-20(10-8-19)33-16-15-26-11-13-27(14-12-26)24(29)18-28-17-22(25(30)32-2)21-5-3-4-6-23(21)28/h3-10,17H,11-16,18H2,1-2H3. The molecule has 0 saturated carbocycles. The maximum Gasteiger partial charge on any atom is 0.340 e. The maximum atomic E-state index is 13.0. The topological polar surface area (TPSA) is 73.2 Å². The number of carbonyl (C=O) groups is 2. The summed E-state index contributed by atoms with van der Waals surface area (Å²) in [5, 5.41) is 0.791. The number of amides is 1. The highest BCUT2D eigenvalue weighted by molar-refractivity contribution is 6.04. The second-order valence-corrected chi connectivity index (χ2v) is 7.93. The maximum absolute atomic E-state index is 13.0. The average molecular weight is 452 g/mol. The Morgan fingerprint density at radius 1 is 0.909 bits per heavy atom. The summed E-state index contributed by atoms with van der Waals surface area (Å²) in [5.41, 5.74) is 1.32. The number of benzene rings is 2. The van der Waals surface area contributed by atoms with Crippen molar-refractivity contribution in [1.82, 2.24) is 14.4 Å². The van der Waals surface area contributed by atoms with Crippen molar-refractivity contribution in [2.24, 2.45) is 0 Å². The van der Waals surface area contributed by atoms with E-state index < -0.39 is 5.97 Å². The summed E-state index contributed by atoms with van der Waals surface area (Å²) in [6, 6.07) is 15.1. The van der Waals surface area contributed by atoms with Crippen molar-refractivity contribution >= 4 is 22.8 Å². The van der Waals surface area contributed by atoms with Gasteiger partial charge in [-0.05, 0) is 30.3 Å². The van der Waals surface area contributed by atoms with Gasteiger partial charge in [-0.2, -0.15) is 0 Å². The minimum atomic E-state index is -0.400. The van der Waals surface area contributed by atoms with Gasteiger partial charge in [-0.1, -0.05) is 18.2 Å². The molecule has 0 aliphatic carbocycles. The Hall–Kier alpha value is -3.52. The van der Waals surface area contributed by atoms with Crippen molar-refractivity contribution in [3.63, 3.8) is 0 Å². The number of piperazine rings is 1. The normalized spacial score (nSPS) is 14.3. The minimum absolute atomic E-state index is 0.0429. The summed E-state index contributed by atoms with van der Waals surface area (Å²) >= 11 is 0. The molecule has 0 N–H and O–H groups in total. The number of esters is 1. The molecule has 2 aromatic carbocycles. The zero-order valence-electron chi connectivity index (χ0n) is 19.0. The predicted octanol–water partition coefficient (Wildman–Crippen LogP) is 2.66. The third kappa shape index (κ3) is 5.28. The molecule has 1 amide bonds. The van der Waals surface area contributed by atoms with E-state index in [0.29, 0.717) is 25.3 Å². The Balaban J connectivity index is 1.28. The van der Waals surface area contributed by atoms with E-state index in [1.807, 2.05) is 58.0 Å². The molecule has 8 nitrogen and oxygen atoms in total. The molecule has 174 valence electrons. The van der Waals surface area contributed by atoms with Crippen LogP contribution in [0.1, 0.15) is 10.4 Å². The highest BCUT2D eigenvalue weighted by Gasteiger charge is 2.23. The van der Waals surface area contributed by atoms with E-state index in [9.17, 15) is 9.59 Å². The van der Waals surface area contributed by atoms with Gasteiger partial charge in [0.2, 0.25) is 5.91 Å². The van der Waals surface area contributed by atoms with Gasteiger partial charge in [-0.25, -0.2) is 4.79 Å². The zero-order valence-corrected chi connectivity index (χ0v) is 19.0. The van der Waals surface area contributed by atoms with Gasteiger partial charge in [0.15, 0.2) is 0 Å². The largest absolute Gasteiger partial charge is 0.497 e. The molecule has 1 fully saturated rings. The number of fused-ring (bicyclic) bond motifs is 1. The van der Waals surface area contributed by atoms with Gasteiger partial charge in [0.25, 0.3) is 0 Å². The van der Waals surface area contributed by atoms with Crippen LogP contribution in [-0.2, 0) is 16.1 Å². The molecule has 0 atom stereocenters. The van der Waals surface area contributed by atoms with Crippen LogP contribution in [-0.4, -0.2) is 79.8 Å².